The number of halogens is 3. The summed E-state index contributed by atoms with van der Waals surface area (Å²) in [6.45, 7) is 3.67. The Balaban J connectivity index is 1.53. The van der Waals surface area contributed by atoms with Crippen molar-refractivity contribution in [3.8, 4) is 0 Å². The zero-order chi connectivity index (χ0) is 22.2. The third kappa shape index (κ3) is 4.69. The molecule has 0 amide bonds. The molecule has 4 rings (SSSR count). The number of nitrogens with two attached hydrogens (primary N) is 1. The lowest BCUT2D eigenvalue weighted by atomic mass is 10.0. The minimum absolute atomic E-state index is 0.00357. The number of rotatable bonds is 4. The number of benzene rings is 1. The minimum atomic E-state index is -4.51. The molecule has 2 aliphatic heterocycles. The van der Waals surface area contributed by atoms with Crippen molar-refractivity contribution in [2.45, 2.75) is 50.6 Å². The molecule has 7 nitrogen and oxygen atoms in total. The number of piperidine rings is 1. The zero-order valence-electron chi connectivity index (χ0n) is 17.3. The van der Waals surface area contributed by atoms with Crippen LogP contribution in [-0.4, -0.2) is 52.9 Å². The number of anilines is 4. The quantitative estimate of drug-likeness (QED) is 0.678. The van der Waals surface area contributed by atoms with E-state index in [2.05, 4.69) is 20.2 Å². The van der Waals surface area contributed by atoms with Gasteiger partial charge in [0.2, 0.25) is 5.95 Å². The highest BCUT2D eigenvalue weighted by atomic mass is 19.4. The van der Waals surface area contributed by atoms with Crippen LogP contribution in [0.1, 0.15) is 31.7 Å². The summed E-state index contributed by atoms with van der Waals surface area (Å²) < 4.78 is 40.5. The van der Waals surface area contributed by atoms with Crippen LogP contribution < -0.4 is 20.9 Å². The van der Waals surface area contributed by atoms with Crippen molar-refractivity contribution in [2.24, 2.45) is 5.73 Å². The Morgan fingerprint density at radius 2 is 1.90 bits per heavy atom. The Bertz CT molecular complexity index is 907. The van der Waals surface area contributed by atoms with E-state index in [9.17, 15) is 18.3 Å². The number of aromatic nitrogens is 2. The lowest BCUT2D eigenvalue weighted by molar-refractivity contribution is -0.137. The fourth-order valence-electron chi connectivity index (χ4n) is 4.17. The average Bonchev–Trinajstić information content (AvgIpc) is 3.15. The van der Waals surface area contributed by atoms with Gasteiger partial charge in [-0.3, -0.25) is 0 Å². The Hall–Kier alpha value is -2.59. The van der Waals surface area contributed by atoms with Gasteiger partial charge in [0.05, 0.1) is 6.10 Å². The molecular formula is C21H27F3N6O. The second kappa shape index (κ2) is 8.51. The molecule has 0 aliphatic carbocycles. The molecule has 0 bridgehead atoms. The van der Waals surface area contributed by atoms with E-state index < -0.39 is 17.8 Å². The summed E-state index contributed by atoms with van der Waals surface area (Å²) in [5.41, 5.74) is 6.65. The lowest BCUT2D eigenvalue weighted by Gasteiger charge is -2.35. The van der Waals surface area contributed by atoms with Crippen molar-refractivity contribution in [2.75, 3.05) is 34.8 Å². The molecule has 0 radical (unpaired) electrons. The van der Waals surface area contributed by atoms with Crippen LogP contribution in [0.3, 0.4) is 0 Å². The van der Waals surface area contributed by atoms with Crippen LogP contribution in [-0.2, 0) is 6.18 Å². The Labute approximate surface area is 179 Å². The second-order valence-corrected chi connectivity index (χ2v) is 8.25. The number of aliphatic hydroxyl groups excluding tert-OH is 1. The predicted molar refractivity (Wildman–Crippen MR) is 114 cm³/mol. The molecule has 3 heterocycles. The second-order valence-electron chi connectivity index (χ2n) is 8.25. The molecule has 3 unspecified atom stereocenters. The maximum absolute atomic E-state index is 13.5. The first-order valence-electron chi connectivity index (χ1n) is 10.5. The van der Waals surface area contributed by atoms with Crippen molar-refractivity contribution in [1.82, 2.24) is 9.97 Å². The number of aliphatic hydroxyl groups is 1. The molecule has 2 aromatic rings. The van der Waals surface area contributed by atoms with Crippen LogP contribution in [0.15, 0.2) is 30.5 Å². The molecule has 0 spiro atoms. The van der Waals surface area contributed by atoms with E-state index in [1.165, 1.54) is 0 Å². The lowest BCUT2D eigenvalue weighted by Crippen LogP contribution is -2.50. The van der Waals surface area contributed by atoms with Gasteiger partial charge in [0.15, 0.2) is 0 Å². The van der Waals surface area contributed by atoms with Crippen LogP contribution >= 0.6 is 0 Å². The van der Waals surface area contributed by atoms with Crippen molar-refractivity contribution < 1.29 is 18.3 Å². The SMILES string of the molecule is CC1CCCN1c1nc(Nc2ccc(N3CCC(N)C(O)C3)cc2)ncc1C(F)(F)F. The van der Waals surface area contributed by atoms with E-state index in [-0.39, 0.29) is 23.8 Å². The molecule has 1 aromatic carbocycles. The van der Waals surface area contributed by atoms with Gasteiger partial charge in [-0.2, -0.15) is 18.2 Å². The van der Waals surface area contributed by atoms with E-state index >= 15 is 0 Å². The molecule has 2 saturated heterocycles. The van der Waals surface area contributed by atoms with Crippen molar-refractivity contribution in [3.05, 3.63) is 36.0 Å². The first-order valence-corrected chi connectivity index (χ1v) is 10.5. The third-order valence-electron chi connectivity index (χ3n) is 6.02. The molecule has 168 valence electrons. The van der Waals surface area contributed by atoms with Crippen LogP contribution in [0.2, 0.25) is 0 Å². The topological polar surface area (TPSA) is 90.5 Å². The maximum atomic E-state index is 13.5. The number of hydrogen-bond acceptors (Lipinski definition) is 7. The van der Waals surface area contributed by atoms with E-state index in [0.717, 1.165) is 31.3 Å². The van der Waals surface area contributed by atoms with Crippen LogP contribution in [0.4, 0.5) is 36.3 Å². The monoisotopic (exact) mass is 436 g/mol. The van der Waals surface area contributed by atoms with Gasteiger partial charge in [-0.1, -0.05) is 0 Å². The van der Waals surface area contributed by atoms with Crippen molar-refractivity contribution >= 4 is 23.1 Å². The Kier molecular flexibility index (Phi) is 5.94. The van der Waals surface area contributed by atoms with Gasteiger partial charge in [0.1, 0.15) is 11.4 Å². The summed E-state index contributed by atoms with van der Waals surface area (Å²) in [4.78, 5) is 11.9. The summed E-state index contributed by atoms with van der Waals surface area (Å²) in [6, 6.07) is 7.20. The first kappa shape index (κ1) is 21.6. The van der Waals surface area contributed by atoms with Gasteiger partial charge in [-0.25, -0.2) is 4.98 Å². The Morgan fingerprint density at radius 3 is 2.52 bits per heavy atom. The van der Waals surface area contributed by atoms with Gasteiger partial charge in [-0.05, 0) is 50.5 Å². The minimum Gasteiger partial charge on any atom is -0.390 e. The summed E-state index contributed by atoms with van der Waals surface area (Å²) in [5, 5.41) is 13.0. The molecule has 2 aliphatic rings. The number of β-amino-alcohol motifs (C(OH)–C–C–N with tert-alkyl or cyclic N) is 1. The van der Waals surface area contributed by atoms with Crippen molar-refractivity contribution in [1.29, 1.82) is 0 Å². The third-order valence-corrected chi connectivity index (χ3v) is 6.02. The molecule has 4 N–H and O–H groups in total. The molecule has 2 fully saturated rings. The summed E-state index contributed by atoms with van der Waals surface area (Å²) in [6.07, 6.45) is -1.86. The number of nitrogens with one attached hydrogen (secondary N) is 1. The van der Waals surface area contributed by atoms with Gasteiger partial charge >= 0.3 is 6.18 Å². The normalized spacial score (nSPS) is 24.5. The van der Waals surface area contributed by atoms with Gasteiger partial charge in [-0.15, -0.1) is 0 Å². The van der Waals surface area contributed by atoms with Crippen LogP contribution in [0.25, 0.3) is 0 Å². The van der Waals surface area contributed by atoms with Crippen LogP contribution in [0, 0.1) is 0 Å². The Morgan fingerprint density at radius 1 is 1.16 bits per heavy atom. The van der Waals surface area contributed by atoms with Gasteiger partial charge in [0.25, 0.3) is 0 Å². The van der Waals surface area contributed by atoms with E-state index in [1.807, 2.05) is 31.2 Å². The molecule has 3 atom stereocenters. The summed E-state index contributed by atoms with van der Waals surface area (Å²) >= 11 is 0. The van der Waals surface area contributed by atoms with Gasteiger partial charge in [0, 0.05) is 49.3 Å². The fraction of sp³-hybridized carbons (Fsp3) is 0.524. The smallest absolute Gasteiger partial charge is 0.390 e. The highest BCUT2D eigenvalue weighted by molar-refractivity contribution is 5.61. The first-order chi connectivity index (χ1) is 14.7. The number of alkyl halides is 3. The van der Waals surface area contributed by atoms with E-state index in [0.29, 0.717) is 25.2 Å². The van der Waals surface area contributed by atoms with Crippen LogP contribution in [0.5, 0.6) is 0 Å². The number of hydrogen-bond donors (Lipinski definition) is 3. The fourth-order valence-corrected chi connectivity index (χ4v) is 4.17. The van der Waals surface area contributed by atoms with E-state index in [1.54, 1.807) is 4.90 Å². The van der Waals surface area contributed by atoms with E-state index in [4.69, 9.17) is 5.73 Å². The standard InChI is InChI=1S/C21H27F3N6O/c1-13-3-2-9-30(13)19-16(21(22,23)24)11-26-20(28-19)27-14-4-6-15(7-5-14)29-10-8-17(25)18(31)12-29/h4-7,11,13,17-18,31H,2-3,8-10,12,25H2,1H3,(H,26,27,28). The molecule has 1 aromatic heterocycles. The summed E-state index contributed by atoms with van der Waals surface area (Å²) in [7, 11) is 0. The average molecular weight is 436 g/mol. The number of nitrogens with zero attached hydrogens (tertiary/aromatic N) is 4. The maximum Gasteiger partial charge on any atom is 0.421 e. The molecule has 31 heavy (non-hydrogen) atoms. The molecular weight excluding hydrogens is 409 g/mol. The molecule has 0 saturated carbocycles. The highest BCUT2D eigenvalue weighted by Crippen LogP contribution is 2.38. The van der Waals surface area contributed by atoms with Crippen molar-refractivity contribution in [3.63, 3.8) is 0 Å². The largest absolute Gasteiger partial charge is 0.421 e. The zero-order valence-corrected chi connectivity index (χ0v) is 17.3. The molecule has 10 heteroatoms. The highest BCUT2D eigenvalue weighted by Gasteiger charge is 2.38. The van der Waals surface area contributed by atoms with Gasteiger partial charge < -0.3 is 26.0 Å². The predicted octanol–water partition coefficient (Wildman–Crippen LogP) is 3.13. The summed E-state index contributed by atoms with van der Waals surface area (Å²) in [5.74, 6) is 0.0412.